The molecule has 2 aromatic heterocycles. The molecule has 0 bridgehead atoms. The van der Waals surface area contributed by atoms with E-state index in [1.807, 2.05) is 6.20 Å². The summed E-state index contributed by atoms with van der Waals surface area (Å²) in [5.41, 5.74) is 7.76. The van der Waals surface area contributed by atoms with Crippen molar-refractivity contribution in [2.45, 2.75) is 20.1 Å². The number of hydrogen-bond acceptors (Lipinski definition) is 8. The van der Waals surface area contributed by atoms with Crippen molar-refractivity contribution < 1.29 is 13.9 Å². The zero-order valence-corrected chi connectivity index (χ0v) is 17.7. The molecule has 3 N–H and O–H groups in total. The Morgan fingerprint density at radius 2 is 2.06 bits per heavy atom. The van der Waals surface area contributed by atoms with Crippen LogP contribution < -0.4 is 20.9 Å². The average Bonchev–Trinajstić information content (AvgIpc) is 3.34. The van der Waals surface area contributed by atoms with Crippen molar-refractivity contribution in [3.8, 4) is 11.4 Å². The summed E-state index contributed by atoms with van der Waals surface area (Å²) in [6.45, 7) is 7.08. The first kappa shape index (κ1) is 20.2. The van der Waals surface area contributed by atoms with Crippen LogP contribution in [0.15, 0.2) is 42.0 Å². The molecule has 1 saturated heterocycles. The third kappa shape index (κ3) is 3.40. The van der Waals surface area contributed by atoms with E-state index in [9.17, 15) is 9.18 Å². The van der Waals surface area contributed by atoms with Gasteiger partial charge in [-0.05, 0) is 32.0 Å². The molecule has 1 amide bonds. The molecule has 10 nitrogen and oxygen atoms in total. The molecule has 2 aliphatic heterocycles. The number of halogens is 1. The van der Waals surface area contributed by atoms with E-state index in [4.69, 9.17) is 10.5 Å². The molecule has 0 saturated carbocycles. The van der Waals surface area contributed by atoms with Gasteiger partial charge in [0.05, 0.1) is 29.3 Å². The van der Waals surface area contributed by atoms with Crippen LogP contribution in [0.5, 0.6) is 0 Å². The summed E-state index contributed by atoms with van der Waals surface area (Å²) < 4.78 is 21.9. The van der Waals surface area contributed by atoms with Crippen molar-refractivity contribution in [3.63, 3.8) is 0 Å². The first-order valence-electron chi connectivity index (χ1n) is 10.4. The number of aromatic nitrogens is 4. The Labute approximate surface area is 183 Å². The number of amides is 1. The minimum atomic E-state index is -0.646. The Bertz CT molecular complexity index is 1230. The maximum absolute atomic E-state index is 14.8. The summed E-state index contributed by atoms with van der Waals surface area (Å²) in [7, 11) is 0. The van der Waals surface area contributed by atoms with Crippen LogP contribution in [-0.4, -0.2) is 57.9 Å². The fourth-order valence-electron chi connectivity index (χ4n) is 4.14. The van der Waals surface area contributed by atoms with E-state index >= 15 is 0 Å². The average molecular weight is 438 g/mol. The number of anilines is 2. The molecule has 11 heteroatoms. The van der Waals surface area contributed by atoms with Gasteiger partial charge in [0.1, 0.15) is 5.82 Å². The van der Waals surface area contributed by atoms with E-state index in [0.29, 0.717) is 17.2 Å². The van der Waals surface area contributed by atoms with Gasteiger partial charge in [-0.3, -0.25) is 4.79 Å². The molecule has 166 valence electrons. The van der Waals surface area contributed by atoms with Crippen molar-refractivity contribution in [1.29, 1.82) is 0 Å². The third-order valence-electron chi connectivity index (χ3n) is 5.70. The summed E-state index contributed by atoms with van der Waals surface area (Å²) in [5, 5.41) is 7.79. The predicted molar refractivity (Wildman–Crippen MR) is 116 cm³/mol. The second-order valence-electron chi connectivity index (χ2n) is 7.76. The minimum absolute atomic E-state index is 0.0962. The molecule has 0 spiro atoms. The highest BCUT2D eigenvalue weighted by Gasteiger charge is 2.32. The fourth-order valence-corrected chi connectivity index (χ4v) is 4.14. The number of piperazine rings is 1. The summed E-state index contributed by atoms with van der Waals surface area (Å²) in [6, 6.07) is 4.59. The Balaban J connectivity index is 1.51. The van der Waals surface area contributed by atoms with Crippen LogP contribution in [0.3, 0.4) is 0 Å². The highest BCUT2D eigenvalue weighted by molar-refractivity contribution is 5.92. The second kappa shape index (κ2) is 7.75. The number of nitrogens with zero attached hydrogens (tertiary/aromatic N) is 6. The van der Waals surface area contributed by atoms with E-state index in [1.54, 1.807) is 41.6 Å². The topological polar surface area (TPSA) is 114 Å². The molecule has 2 aliphatic rings. The summed E-state index contributed by atoms with van der Waals surface area (Å²) >= 11 is 0. The van der Waals surface area contributed by atoms with Crippen LogP contribution in [0.4, 0.5) is 15.8 Å². The number of benzene rings is 1. The normalized spacial score (nSPS) is 19.0. The molecule has 1 fully saturated rings. The molecule has 0 aliphatic carbocycles. The number of nitrogens with two attached hydrogens (primary N) is 1. The van der Waals surface area contributed by atoms with Crippen LogP contribution in [0.2, 0.25) is 0 Å². The SMILES string of the molecule is CC1=C(C(N)=O)OC(C)N1c1ccc(F)c(-c2nc3ncc(N4CCNCC4)cn3n2)c1. The van der Waals surface area contributed by atoms with Crippen LogP contribution in [0.1, 0.15) is 13.8 Å². The van der Waals surface area contributed by atoms with Gasteiger partial charge >= 0.3 is 0 Å². The first-order chi connectivity index (χ1) is 15.4. The molecular formula is C21H23FN8O2. The monoisotopic (exact) mass is 438 g/mol. The lowest BCUT2D eigenvalue weighted by molar-refractivity contribution is -0.118. The lowest BCUT2D eigenvalue weighted by Crippen LogP contribution is -2.43. The van der Waals surface area contributed by atoms with Gasteiger partial charge in [-0.2, -0.15) is 4.98 Å². The predicted octanol–water partition coefficient (Wildman–Crippen LogP) is 1.24. The molecule has 5 rings (SSSR count). The quantitative estimate of drug-likeness (QED) is 0.626. The van der Waals surface area contributed by atoms with Crippen LogP contribution in [0.25, 0.3) is 17.2 Å². The van der Waals surface area contributed by atoms with E-state index in [0.717, 1.165) is 31.9 Å². The zero-order chi connectivity index (χ0) is 22.4. The lowest BCUT2D eigenvalue weighted by Gasteiger charge is -2.28. The number of carbonyl (C=O) groups excluding carboxylic acids is 1. The minimum Gasteiger partial charge on any atom is -0.463 e. The lowest BCUT2D eigenvalue weighted by atomic mass is 10.1. The van der Waals surface area contributed by atoms with Gasteiger partial charge in [-0.25, -0.2) is 13.9 Å². The van der Waals surface area contributed by atoms with Gasteiger partial charge < -0.3 is 25.6 Å². The maximum Gasteiger partial charge on any atom is 0.285 e. The number of rotatable bonds is 4. The second-order valence-corrected chi connectivity index (χ2v) is 7.76. The Morgan fingerprint density at radius 3 is 2.78 bits per heavy atom. The van der Waals surface area contributed by atoms with E-state index in [1.165, 1.54) is 6.07 Å². The molecule has 4 heterocycles. The van der Waals surface area contributed by atoms with E-state index in [-0.39, 0.29) is 17.1 Å². The van der Waals surface area contributed by atoms with Gasteiger partial charge in [-0.1, -0.05) is 0 Å². The number of ether oxygens (including phenoxy) is 1. The molecule has 1 aromatic carbocycles. The standard InChI is InChI=1S/C21H23FN8O2/c1-12-18(19(23)31)32-13(2)30(12)14-3-4-17(22)16(9-14)20-26-21-25-10-15(11-29(21)27-20)28-7-5-24-6-8-28/h3-4,9-11,13,24H,5-8H2,1-2H3,(H2,23,31). The zero-order valence-electron chi connectivity index (χ0n) is 17.7. The Kier molecular flexibility index (Phi) is 4.89. The smallest absolute Gasteiger partial charge is 0.285 e. The van der Waals surface area contributed by atoms with Crippen LogP contribution >= 0.6 is 0 Å². The number of primary amides is 1. The molecular weight excluding hydrogens is 415 g/mol. The number of allylic oxidation sites excluding steroid dienone is 1. The third-order valence-corrected chi connectivity index (χ3v) is 5.70. The van der Waals surface area contributed by atoms with Crippen molar-refractivity contribution in [3.05, 3.63) is 47.9 Å². The molecule has 0 radical (unpaired) electrons. The van der Waals surface area contributed by atoms with Gasteiger partial charge in [0.25, 0.3) is 11.7 Å². The number of hydrogen-bond donors (Lipinski definition) is 2. The van der Waals surface area contributed by atoms with Crippen molar-refractivity contribution >= 4 is 23.1 Å². The summed E-state index contributed by atoms with van der Waals surface area (Å²) in [5.74, 6) is -0.407. The number of carbonyl (C=O) groups is 1. The molecule has 3 aromatic rings. The molecule has 1 unspecified atom stereocenters. The van der Waals surface area contributed by atoms with E-state index in [2.05, 4.69) is 25.3 Å². The summed E-state index contributed by atoms with van der Waals surface area (Å²) in [6.07, 6.45) is 3.15. The van der Waals surface area contributed by atoms with Gasteiger partial charge in [0, 0.05) is 31.9 Å². The van der Waals surface area contributed by atoms with Gasteiger partial charge in [-0.15, -0.1) is 5.10 Å². The van der Waals surface area contributed by atoms with Crippen molar-refractivity contribution in [2.24, 2.45) is 5.73 Å². The van der Waals surface area contributed by atoms with Crippen molar-refractivity contribution in [1.82, 2.24) is 24.9 Å². The molecule has 32 heavy (non-hydrogen) atoms. The highest BCUT2D eigenvalue weighted by atomic mass is 19.1. The first-order valence-corrected chi connectivity index (χ1v) is 10.4. The maximum atomic E-state index is 14.8. The van der Waals surface area contributed by atoms with Gasteiger partial charge in [0.2, 0.25) is 5.76 Å². The molecule has 1 atom stereocenters. The number of nitrogens with one attached hydrogen (secondary N) is 1. The Morgan fingerprint density at radius 1 is 1.28 bits per heavy atom. The van der Waals surface area contributed by atoms with E-state index < -0.39 is 18.0 Å². The summed E-state index contributed by atoms with van der Waals surface area (Å²) in [4.78, 5) is 24.4. The van der Waals surface area contributed by atoms with Crippen molar-refractivity contribution in [2.75, 3.05) is 36.0 Å². The fraction of sp³-hybridized carbons (Fsp3) is 0.333. The van der Waals surface area contributed by atoms with Gasteiger partial charge in [0.15, 0.2) is 12.1 Å². The van der Waals surface area contributed by atoms with Crippen LogP contribution in [-0.2, 0) is 9.53 Å². The Hall–Kier alpha value is -3.73. The largest absolute Gasteiger partial charge is 0.463 e. The van der Waals surface area contributed by atoms with Crippen LogP contribution in [0, 0.1) is 5.82 Å². The highest BCUT2D eigenvalue weighted by Crippen LogP contribution is 2.34. The number of fused-ring (bicyclic) bond motifs is 1.